The average molecular weight is 388 g/mol. The standard InChI is InChI=1S/C22H20N4OS/c1-14-13-20-23-24-22(26(20)19-10-6-4-8-17(14)19)28-15(2)21(27)25-12-11-16-7-3-5-9-18(16)25/h3-10,13,15H,11-12H2,1-2H3/t15-/m0/s1. The maximum Gasteiger partial charge on any atom is 0.240 e. The molecule has 4 aromatic rings. The Bertz CT molecular complexity index is 1220. The minimum absolute atomic E-state index is 0.114. The van der Waals surface area contributed by atoms with Crippen molar-refractivity contribution in [1.82, 2.24) is 14.6 Å². The quantitative estimate of drug-likeness (QED) is 0.492. The second-order valence-corrected chi connectivity index (χ2v) is 8.46. The van der Waals surface area contributed by atoms with Gasteiger partial charge in [0.05, 0.1) is 10.8 Å². The number of thioether (sulfide) groups is 1. The van der Waals surface area contributed by atoms with E-state index in [1.54, 1.807) is 0 Å². The lowest BCUT2D eigenvalue weighted by Gasteiger charge is -2.21. The van der Waals surface area contributed by atoms with Crippen LogP contribution in [-0.2, 0) is 11.2 Å². The number of nitrogens with zero attached hydrogens (tertiary/aromatic N) is 4. The Kier molecular flexibility index (Phi) is 4.09. The van der Waals surface area contributed by atoms with Crippen molar-refractivity contribution in [2.24, 2.45) is 0 Å². The minimum atomic E-state index is -0.251. The van der Waals surface area contributed by atoms with Gasteiger partial charge in [0, 0.05) is 17.6 Å². The van der Waals surface area contributed by atoms with Gasteiger partial charge in [-0.1, -0.05) is 48.2 Å². The van der Waals surface area contributed by atoms with Gasteiger partial charge < -0.3 is 4.90 Å². The lowest BCUT2D eigenvalue weighted by atomic mass is 10.1. The van der Waals surface area contributed by atoms with Crippen molar-refractivity contribution in [3.05, 3.63) is 65.7 Å². The molecule has 5 rings (SSSR count). The van der Waals surface area contributed by atoms with Crippen LogP contribution in [0.1, 0.15) is 18.1 Å². The van der Waals surface area contributed by atoms with Crippen LogP contribution in [0.25, 0.3) is 16.6 Å². The molecule has 2 aromatic heterocycles. The number of fused-ring (bicyclic) bond motifs is 4. The summed E-state index contributed by atoms with van der Waals surface area (Å²) in [5.74, 6) is 0.114. The van der Waals surface area contributed by atoms with E-state index in [0.29, 0.717) is 0 Å². The van der Waals surface area contributed by atoms with Crippen molar-refractivity contribution in [2.75, 3.05) is 11.4 Å². The Morgan fingerprint density at radius 3 is 2.79 bits per heavy atom. The molecule has 6 heteroatoms. The van der Waals surface area contributed by atoms with Gasteiger partial charge in [0.15, 0.2) is 10.8 Å². The molecule has 0 fully saturated rings. The molecule has 0 spiro atoms. The van der Waals surface area contributed by atoms with E-state index in [1.165, 1.54) is 28.3 Å². The molecule has 1 atom stereocenters. The SMILES string of the molecule is Cc1cc2nnc(S[C@@H](C)C(=O)N3CCc4ccccc43)n2c2ccccc12. The number of para-hydroxylation sites is 2. The predicted molar refractivity (Wildman–Crippen MR) is 113 cm³/mol. The van der Waals surface area contributed by atoms with Gasteiger partial charge in [0.25, 0.3) is 0 Å². The van der Waals surface area contributed by atoms with E-state index < -0.39 is 0 Å². The molecule has 3 heterocycles. The first kappa shape index (κ1) is 17.3. The summed E-state index contributed by atoms with van der Waals surface area (Å²) >= 11 is 1.47. The number of rotatable bonds is 3. The highest BCUT2D eigenvalue weighted by atomic mass is 32.2. The first-order valence-electron chi connectivity index (χ1n) is 9.43. The lowest BCUT2D eigenvalue weighted by Crippen LogP contribution is -2.35. The van der Waals surface area contributed by atoms with Crippen molar-refractivity contribution in [3.63, 3.8) is 0 Å². The molecule has 0 aliphatic carbocycles. The van der Waals surface area contributed by atoms with Crippen LogP contribution in [0.4, 0.5) is 5.69 Å². The van der Waals surface area contributed by atoms with E-state index in [9.17, 15) is 4.79 Å². The number of carbonyl (C=O) groups excluding carboxylic acids is 1. The van der Waals surface area contributed by atoms with Gasteiger partial charge in [-0.15, -0.1) is 10.2 Å². The molecule has 5 nitrogen and oxygen atoms in total. The summed E-state index contributed by atoms with van der Waals surface area (Å²) < 4.78 is 2.05. The molecule has 0 radical (unpaired) electrons. The van der Waals surface area contributed by atoms with Crippen LogP contribution < -0.4 is 4.90 Å². The predicted octanol–water partition coefficient (Wildman–Crippen LogP) is 4.26. The summed E-state index contributed by atoms with van der Waals surface area (Å²) in [6.07, 6.45) is 0.914. The number of anilines is 1. The van der Waals surface area contributed by atoms with E-state index in [-0.39, 0.29) is 11.2 Å². The van der Waals surface area contributed by atoms with Gasteiger partial charge >= 0.3 is 0 Å². The number of benzene rings is 2. The summed E-state index contributed by atoms with van der Waals surface area (Å²) in [6, 6.07) is 18.4. The van der Waals surface area contributed by atoms with Crippen molar-refractivity contribution < 1.29 is 4.79 Å². The van der Waals surface area contributed by atoms with Crippen molar-refractivity contribution >= 4 is 39.9 Å². The Morgan fingerprint density at radius 1 is 1.11 bits per heavy atom. The number of hydrogen-bond acceptors (Lipinski definition) is 4. The van der Waals surface area contributed by atoms with Gasteiger partial charge in [0.1, 0.15) is 0 Å². The summed E-state index contributed by atoms with van der Waals surface area (Å²) in [5, 5.41) is 10.4. The van der Waals surface area contributed by atoms with Crippen LogP contribution >= 0.6 is 11.8 Å². The van der Waals surface area contributed by atoms with Gasteiger partial charge in [-0.05, 0) is 49.6 Å². The third-order valence-electron chi connectivity index (χ3n) is 5.36. The Labute approximate surface area is 167 Å². The highest BCUT2D eigenvalue weighted by Crippen LogP contribution is 2.32. The normalized spacial score (nSPS) is 14.6. The Morgan fingerprint density at radius 2 is 1.89 bits per heavy atom. The van der Waals surface area contributed by atoms with Crippen LogP contribution in [-0.4, -0.2) is 32.3 Å². The van der Waals surface area contributed by atoms with Crippen LogP contribution in [0.3, 0.4) is 0 Å². The van der Waals surface area contributed by atoms with Crippen molar-refractivity contribution in [3.8, 4) is 0 Å². The molecule has 0 bridgehead atoms. The van der Waals surface area contributed by atoms with Gasteiger partial charge in [-0.2, -0.15) is 0 Å². The molecule has 0 unspecified atom stereocenters. The fourth-order valence-corrected chi connectivity index (χ4v) is 4.88. The monoisotopic (exact) mass is 388 g/mol. The zero-order chi connectivity index (χ0) is 19.3. The number of pyridine rings is 1. The maximum absolute atomic E-state index is 13.1. The fourth-order valence-electron chi connectivity index (χ4n) is 3.95. The van der Waals surface area contributed by atoms with Gasteiger partial charge in [-0.25, -0.2) is 0 Å². The number of aromatic nitrogens is 3. The fraction of sp³-hybridized carbons (Fsp3) is 0.227. The summed E-state index contributed by atoms with van der Waals surface area (Å²) in [7, 11) is 0. The molecule has 1 aliphatic heterocycles. The topological polar surface area (TPSA) is 50.5 Å². The van der Waals surface area contributed by atoms with Crippen molar-refractivity contribution in [2.45, 2.75) is 30.7 Å². The van der Waals surface area contributed by atoms with Crippen LogP contribution in [0.2, 0.25) is 0 Å². The lowest BCUT2D eigenvalue weighted by molar-refractivity contribution is -0.117. The molecule has 0 saturated heterocycles. The largest absolute Gasteiger partial charge is 0.311 e. The average Bonchev–Trinajstić information content (AvgIpc) is 3.32. The molecular weight excluding hydrogens is 368 g/mol. The molecule has 28 heavy (non-hydrogen) atoms. The van der Waals surface area contributed by atoms with E-state index in [2.05, 4.69) is 39.7 Å². The summed E-state index contributed by atoms with van der Waals surface area (Å²) in [5.41, 5.74) is 5.32. The second-order valence-electron chi connectivity index (χ2n) is 7.15. The highest BCUT2D eigenvalue weighted by Gasteiger charge is 2.29. The van der Waals surface area contributed by atoms with E-state index >= 15 is 0 Å². The smallest absolute Gasteiger partial charge is 0.240 e. The van der Waals surface area contributed by atoms with Crippen molar-refractivity contribution in [1.29, 1.82) is 0 Å². The van der Waals surface area contributed by atoms with Gasteiger partial charge in [0.2, 0.25) is 5.91 Å². The number of carbonyl (C=O) groups is 1. The second kappa shape index (κ2) is 6.63. The highest BCUT2D eigenvalue weighted by molar-refractivity contribution is 8.00. The molecule has 1 amide bonds. The first-order chi connectivity index (χ1) is 13.6. The summed E-state index contributed by atoms with van der Waals surface area (Å²) in [4.78, 5) is 15.0. The zero-order valence-electron chi connectivity index (χ0n) is 15.8. The third kappa shape index (κ3) is 2.67. The Hall–Kier alpha value is -2.86. The van der Waals surface area contributed by atoms with Gasteiger partial charge in [-0.3, -0.25) is 9.20 Å². The number of aryl methyl sites for hydroxylation is 1. The van der Waals surface area contributed by atoms with E-state index in [4.69, 9.17) is 0 Å². The maximum atomic E-state index is 13.1. The van der Waals surface area contributed by atoms with E-state index in [1.807, 2.05) is 48.2 Å². The first-order valence-corrected chi connectivity index (χ1v) is 10.3. The molecule has 0 N–H and O–H groups in total. The molecule has 2 aromatic carbocycles. The number of hydrogen-bond donors (Lipinski definition) is 0. The zero-order valence-corrected chi connectivity index (χ0v) is 16.6. The van der Waals surface area contributed by atoms with Crippen LogP contribution in [0, 0.1) is 6.92 Å². The summed E-state index contributed by atoms with van der Waals surface area (Å²) in [6.45, 7) is 4.78. The third-order valence-corrected chi connectivity index (χ3v) is 6.39. The minimum Gasteiger partial charge on any atom is -0.311 e. The number of amides is 1. The van der Waals surface area contributed by atoms with Crippen LogP contribution in [0.15, 0.2) is 59.8 Å². The van der Waals surface area contributed by atoms with E-state index in [0.717, 1.165) is 35.0 Å². The molecule has 140 valence electrons. The molecule has 0 saturated carbocycles. The van der Waals surface area contributed by atoms with Crippen LogP contribution in [0.5, 0.6) is 0 Å². The molecular formula is C22H20N4OS. The molecule has 1 aliphatic rings. The Balaban J connectivity index is 1.49.